The van der Waals surface area contributed by atoms with Crippen LogP contribution >= 0.6 is 0 Å². The molecule has 1 aromatic rings. The Morgan fingerprint density at radius 1 is 1.11 bits per heavy atom. The zero-order valence-corrected chi connectivity index (χ0v) is 16.1. The maximum Gasteiger partial charge on any atom is 0.325 e. The lowest BCUT2D eigenvalue weighted by molar-refractivity contribution is -0.133. The number of hydrogen-bond donors (Lipinski definition) is 3. The number of anilines is 2. The summed E-state index contributed by atoms with van der Waals surface area (Å²) in [6.07, 6.45) is 1.32. The molecule has 0 spiro atoms. The lowest BCUT2D eigenvalue weighted by Crippen LogP contribution is -2.44. The van der Waals surface area contributed by atoms with E-state index in [9.17, 15) is 19.2 Å². The number of nitrogens with one attached hydrogen (secondary N) is 3. The number of carbonyl (C=O) groups is 4. The zero-order chi connectivity index (χ0) is 20.2. The van der Waals surface area contributed by atoms with Gasteiger partial charge < -0.3 is 16.0 Å². The Balaban J connectivity index is 1.96. The monoisotopic (exact) mass is 374 g/mol. The highest BCUT2D eigenvalue weighted by Gasteiger charge is 2.47. The Morgan fingerprint density at radius 2 is 1.67 bits per heavy atom. The third kappa shape index (κ3) is 5.29. The van der Waals surface area contributed by atoms with Crippen molar-refractivity contribution >= 4 is 35.1 Å². The molecule has 0 bridgehead atoms. The van der Waals surface area contributed by atoms with E-state index in [1.165, 1.54) is 6.92 Å². The fraction of sp³-hybridized carbons (Fsp3) is 0.474. The van der Waals surface area contributed by atoms with E-state index in [1.54, 1.807) is 31.2 Å². The van der Waals surface area contributed by atoms with Gasteiger partial charge in [-0.2, -0.15) is 0 Å². The van der Waals surface area contributed by atoms with Gasteiger partial charge in [0.1, 0.15) is 12.1 Å². The highest BCUT2D eigenvalue weighted by Crippen LogP contribution is 2.24. The van der Waals surface area contributed by atoms with Crippen molar-refractivity contribution < 1.29 is 19.2 Å². The SMILES string of the molecule is CC(=O)Nc1ccc(NC(=O)CN2C(=O)NC(C)(CCC(C)C)C2=O)cc1. The van der Waals surface area contributed by atoms with E-state index < -0.39 is 17.5 Å². The van der Waals surface area contributed by atoms with E-state index in [1.807, 2.05) is 13.8 Å². The predicted molar refractivity (Wildman–Crippen MR) is 102 cm³/mol. The molecule has 0 saturated carbocycles. The Labute approximate surface area is 158 Å². The minimum absolute atomic E-state index is 0.189. The van der Waals surface area contributed by atoms with Crippen molar-refractivity contribution in [3.8, 4) is 0 Å². The van der Waals surface area contributed by atoms with Crippen LogP contribution in [0.1, 0.15) is 40.5 Å². The summed E-state index contributed by atoms with van der Waals surface area (Å²) in [7, 11) is 0. The van der Waals surface area contributed by atoms with E-state index in [-0.39, 0.29) is 18.4 Å². The normalized spacial score (nSPS) is 19.2. The largest absolute Gasteiger partial charge is 0.326 e. The van der Waals surface area contributed by atoms with Crippen LogP contribution < -0.4 is 16.0 Å². The lowest BCUT2D eigenvalue weighted by atomic mass is 9.92. The number of hydrogen-bond acceptors (Lipinski definition) is 4. The average molecular weight is 374 g/mol. The summed E-state index contributed by atoms with van der Waals surface area (Å²) < 4.78 is 0. The molecular weight excluding hydrogens is 348 g/mol. The summed E-state index contributed by atoms with van der Waals surface area (Å²) in [5.41, 5.74) is 0.140. The van der Waals surface area contributed by atoms with Crippen LogP contribution in [-0.4, -0.2) is 40.7 Å². The number of benzene rings is 1. The molecule has 0 radical (unpaired) electrons. The first-order chi connectivity index (χ1) is 12.6. The van der Waals surface area contributed by atoms with Gasteiger partial charge in [0, 0.05) is 18.3 Å². The van der Waals surface area contributed by atoms with Gasteiger partial charge in [-0.25, -0.2) is 4.79 Å². The summed E-state index contributed by atoms with van der Waals surface area (Å²) in [6.45, 7) is 6.84. The molecule has 1 atom stereocenters. The minimum Gasteiger partial charge on any atom is -0.326 e. The quantitative estimate of drug-likeness (QED) is 0.637. The molecule has 0 aromatic heterocycles. The van der Waals surface area contributed by atoms with Crippen LogP contribution in [0.5, 0.6) is 0 Å². The third-order valence-corrected chi connectivity index (χ3v) is 4.36. The molecule has 27 heavy (non-hydrogen) atoms. The van der Waals surface area contributed by atoms with Crippen LogP contribution in [-0.2, 0) is 14.4 Å². The smallest absolute Gasteiger partial charge is 0.325 e. The van der Waals surface area contributed by atoms with E-state index in [0.29, 0.717) is 23.7 Å². The van der Waals surface area contributed by atoms with Gasteiger partial charge in [-0.1, -0.05) is 13.8 Å². The second kappa shape index (κ2) is 8.20. The van der Waals surface area contributed by atoms with Crippen LogP contribution in [0.25, 0.3) is 0 Å². The molecule has 3 N–H and O–H groups in total. The fourth-order valence-corrected chi connectivity index (χ4v) is 2.82. The maximum absolute atomic E-state index is 12.6. The van der Waals surface area contributed by atoms with Crippen molar-refractivity contribution in [1.29, 1.82) is 0 Å². The predicted octanol–water partition coefficient (Wildman–Crippen LogP) is 2.33. The Morgan fingerprint density at radius 3 is 2.19 bits per heavy atom. The zero-order valence-electron chi connectivity index (χ0n) is 16.1. The summed E-state index contributed by atoms with van der Waals surface area (Å²) in [5, 5.41) is 7.97. The Hall–Kier alpha value is -2.90. The third-order valence-electron chi connectivity index (χ3n) is 4.36. The summed E-state index contributed by atoms with van der Waals surface area (Å²) in [4.78, 5) is 49.0. The highest BCUT2D eigenvalue weighted by molar-refractivity contribution is 6.09. The van der Waals surface area contributed by atoms with Crippen molar-refractivity contribution in [3.63, 3.8) is 0 Å². The minimum atomic E-state index is -0.971. The van der Waals surface area contributed by atoms with E-state index >= 15 is 0 Å². The van der Waals surface area contributed by atoms with Crippen molar-refractivity contribution in [2.45, 2.75) is 46.1 Å². The Bertz CT molecular complexity index is 745. The first-order valence-electron chi connectivity index (χ1n) is 8.92. The first-order valence-corrected chi connectivity index (χ1v) is 8.92. The molecule has 0 aliphatic carbocycles. The molecule has 8 nitrogen and oxygen atoms in total. The number of rotatable bonds is 7. The van der Waals surface area contributed by atoms with Crippen LogP contribution in [0.4, 0.5) is 16.2 Å². The fourth-order valence-electron chi connectivity index (χ4n) is 2.82. The van der Waals surface area contributed by atoms with Crippen molar-refractivity contribution in [2.75, 3.05) is 17.2 Å². The van der Waals surface area contributed by atoms with Crippen LogP contribution in [0.15, 0.2) is 24.3 Å². The van der Waals surface area contributed by atoms with Crippen molar-refractivity contribution in [2.24, 2.45) is 5.92 Å². The second-order valence-corrected chi connectivity index (χ2v) is 7.39. The van der Waals surface area contributed by atoms with Gasteiger partial charge in [-0.15, -0.1) is 0 Å². The second-order valence-electron chi connectivity index (χ2n) is 7.39. The molecule has 1 heterocycles. The van der Waals surface area contributed by atoms with Gasteiger partial charge in [-0.05, 0) is 49.9 Å². The molecule has 2 rings (SSSR count). The average Bonchev–Trinajstić information content (AvgIpc) is 2.78. The lowest BCUT2D eigenvalue weighted by Gasteiger charge is -2.22. The molecule has 146 valence electrons. The van der Waals surface area contributed by atoms with Crippen LogP contribution in [0.2, 0.25) is 0 Å². The van der Waals surface area contributed by atoms with Crippen LogP contribution in [0, 0.1) is 5.92 Å². The van der Waals surface area contributed by atoms with Gasteiger partial charge in [0.2, 0.25) is 11.8 Å². The van der Waals surface area contributed by atoms with Crippen LogP contribution in [0.3, 0.4) is 0 Å². The number of urea groups is 1. The number of nitrogens with zero attached hydrogens (tertiary/aromatic N) is 1. The summed E-state index contributed by atoms with van der Waals surface area (Å²) >= 11 is 0. The number of imide groups is 1. The Kier molecular flexibility index (Phi) is 6.20. The topological polar surface area (TPSA) is 108 Å². The van der Waals surface area contributed by atoms with Gasteiger partial charge in [-0.3, -0.25) is 19.3 Å². The van der Waals surface area contributed by atoms with E-state index in [2.05, 4.69) is 16.0 Å². The molecule has 5 amide bonds. The molecule has 1 unspecified atom stereocenters. The summed E-state index contributed by atoms with van der Waals surface area (Å²) in [6, 6.07) is 5.99. The van der Waals surface area contributed by atoms with E-state index in [0.717, 1.165) is 11.3 Å². The first kappa shape index (κ1) is 20.4. The highest BCUT2D eigenvalue weighted by atomic mass is 16.2. The molecule has 1 saturated heterocycles. The van der Waals surface area contributed by atoms with Gasteiger partial charge in [0.15, 0.2) is 0 Å². The molecule has 1 aliphatic rings. The van der Waals surface area contributed by atoms with Crippen molar-refractivity contribution in [1.82, 2.24) is 10.2 Å². The number of carbonyl (C=O) groups excluding carboxylic acids is 4. The standard InChI is InChI=1S/C19H26N4O4/c1-12(2)9-10-19(4)17(26)23(18(27)22-19)11-16(25)21-15-7-5-14(6-8-15)20-13(3)24/h5-8,12H,9-11H2,1-4H3,(H,20,24)(H,21,25)(H,22,27). The molecule has 1 aliphatic heterocycles. The molecule has 8 heteroatoms. The maximum atomic E-state index is 12.6. The van der Waals surface area contributed by atoms with Gasteiger partial charge in [0.25, 0.3) is 5.91 Å². The molecule has 1 aromatic carbocycles. The van der Waals surface area contributed by atoms with E-state index in [4.69, 9.17) is 0 Å². The van der Waals surface area contributed by atoms with Crippen molar-refractivity contribution in [3.05, 3.63) is 24.3 Å². The molecular formula is C19H26N4O4. The number of amides is 5. The summed E-state index contributed by atoms with van der Waals surface area (Å²) in [5.74, 6) is -0.640. The van der Waals surface area contributed by atoms with Gasteiger partial charge >= 0.3 is 6.03 Å². The van der Waals surface area contributed by atoms with Gasteiger partial charge in [0.05, 0.1) is 0 Å². The molecule has 1 fully saturated rings.